The summed E-state index contributed by atoms with van der Waals surface area (Å²) in [6, 6.07) is 3.24. The lowest BCUT2D eigenvalue weighted by Crippen LogP contribution is -1.86. The van der Waals surface area contributed by atoms with E-state index < -0.39 is 5.95 Å². The van der Waals surface area contributed by atoms with Crippen molar-refractivity contribution in [1.29, 1.82) is 0 Å². The second-order valence-electron chi connectivity index (χ2n) is 2.84. The molecule has 0 aliphatic heterocycles. The quantitative estimate of drug-likeness (QED) is 0.500. The van der Waals surface area contributed by atoms with Crippen molar-refractivity contribution in [2.45, 2.75) is 6.92 Å². The van der Waals surface area contributed by atoms with Crippen LogP contribution >= 0.6 is 11.3 Å². The number of aromatic nitrogens is 2. The molecule has 0 saturated carbocycles. The van der Waals surface area contributed by atoms with Crippen LogP contribution in [0.25, 0.3) is 0 Å². The molecule has 0 bridgehead atoms. The van der Waals surface area contributed by atoms with E-state index in [-0.39, 0.29) is 0 Å². The average Bonchev–Trinajstić information content (AvgIpc) is 2.63. The molecule has 0 unspecified atom stereocenters. The van der Waals surface area contributed by atoms with Crippen LogP contribution in [0.2, 0.25) is 0 Å². The zero-order valence-corrected chi connectivity index (χ0v) is 8.81. The lowest BCUT2D eigenvalue weighted by molar-refractivity contribution is 0.580. The highest BCUT2D eigenvalue weighted by atomic mass is 32.1. The third kappa shape index (κ3) is 2.39. The van der Waals surface area contributed by atoms with Crippen LogP contribution in [-0.4, -0.2) is 9.97 Å². The maximum absolute atomic E-state index is 13.1. The summed E-state index contributed by atoms with van der Waals surface area (Å²) in [5.74, 6) is 4.95. The smallest absolute Gasteiger partial charge is 0.228 e. The van der Waals surface area contributed by atoms with Crippen LogP contribution in [0.15, 0.2) is 23.7 Å². The van der Waals surface area contributed by atoms with Gasteiger partial charge in [-0.1, -0.05) is 5.92 Å². The molecule has 0 fully saturated rings. The number of pyridine rings is 1. The van der Waals surface area contributed by atoms with Crippen molar-refractivity contribution >= 4 is 11.3 Å². The zero-order chi connectivity index (χ0) is 10.7. The van der Waals surface area contributed by atoms with E-state index in [1.165, 1.54) is 17.5 Å². The van der Waals surface area contributed by atoms with Crippen LogP contribution in [0.5, 0.6) is 0 Å². The zero-order valence-electron chi connectivity index (χ0n) is 7.99. The highest BCUT2D eigenvalue weighted by Crippen LogP contribution is 2.07. The van der Waals surface area contributed by atoms with E-state index in [1.54, 1.807) is 12.1 Å². The summed E-state index contributed by atoms with van der Waals surface area (Å²) in [4.78, 5) is 7.67. The fourth-order valence-electron chi connectivity index (χ4n) is 1.03. The number of rotatable bonds is 0. The molecule has 4 heteroatoms. The highest BCUT2D eigenvalue weighted by Gasteiger charge is 1.97. The third-order valence-corrected chi connectivity index (χ3v) is 2.48. The van der Waals surface area contributed by atoms with Gasteiger partial charge in [0.25, 0.3) is 0 Å². The van der Waals surface area contributed by atoms with Crippen LogP contribution in [0, 0.1) is 24.7 Å². The minimum atomic E-state index is -0.544. The fourth-order valence-corrected chi connectivity index (χ4v) is 1.58. The molecule has 15 heavy (non-hydrogen) atoms. The normalized spacial score (nSPS) is 9.47. The van der Waals surface area contributed by atoms with Gasteiger partial charge in [0.05, 0.1) is 10.6 Å². The molecular formula is C11H7FN2S. The van der Waals surface area contributed by atoms with E-state index in [0.29, 0.717) is 11.3 Å². The second kappa shape index (κ2) is 4.20. The molecule has 2 heterocycles. The van der Waals surface area contributed by atoms with Crippen LogP contribution in [0.3, 0.4) is 0 Å². The predicted octanol–water partition coefficient (Wildman–Crippen LogP) is 2.39. The molecule has 0 aliphatic carbocycles. The van der Waals surface area contributed by atoms with Crippen LogP contribution in [0.4, 0.5) is 4.39 Å². The van der Waals surface area contributed by atoms with Gasteiger partial charge < -0.3 is 0 Å². The van der Waals surface area contributed by atoms with Crippen molar-refractivity contribution in [3.63, 3.8) is 0 Å². The summed E-state index contributed by atoms with van der Waals surface area (Å²) >= 11 is 1.52. The summed E-state index contributed by atoms with van der Waals surface area (Å²) in [5, 5.41) is 2.79. The molecule has 0 amide bonds. The number of hydrogen-bond donors (Lipinski definition) is 0. The maximum atomic E-state index is 13.1. The lowest BCUT2D eigenvalue weighted by atomic mass is 10.3. The molecule has 0 N–H and O–H groups in total. The first-order chi connectivity index (χ1) is 7.25. The molecule has 0 spiro atoms. The Morgan fingerprint density at radius 1 is 1.40 bits per heavy atom. The third-order valence-electron chi connectivity index (χ3n) is 1.70. The first kappa shape index (κ1) is 9.81. The van der Waals surface area contributed by atoms with Gasteiger partial charge in [-0.05, 0) is 25.0 Å². The second-order valence-corrected chi connectivity index (χ2v) is 3.91. The Bertz CT molecular complexity index is 537. The van der Waals surface area contributed by atoms with E-state index in [0.717, 1.165) is 5.01 Å². The Hall–Kier alpha value is -1.73. The van der Waals surface area contributed by atoms with Gasteiger partial charge in [0.2, 0.25) is 5.95 Å². The van der Waals surface area contributed by atoms with Gasteiger partial charge in [-0.3, -0.25) is 0 Å². The Kier molecular flexibility index (Phi) is 2.75. The van der Waals surface area contributed by atoms with E-state index in [4.69, 9.17) is 0 Å². The van der Waals surface area contributed by atoms with Crippen molar-refractivity contribution in [3.8, 4) is 11.8 Å². The molecular weight excluding hydrogens is 210 g/mol. The Morgan fingerprint density at radius 2 is 2.27 bits per heavy atom. The molecule has 2 rings (SSSR count). The van der Waals surface area contributed by atoms with Crippen molar-refractivity contribution < 1.29 is 4.39 Å². The number of halogens is 1. The van der Waals surface area contributed by atoms with Crippen molar-refractivity contribution in [2.75, 3.05) is 0 Å². The van der Waals surface area contributed by atoms with Gasteiger partial charge >= 0.3 is 0 Å². The van der Waals surface area contributed by atoms with Crippen LogP contribution in [0.1, 0.15) is 16.3 Å². The highest BCUT2D eigenvalue weighted by molar-refractivity contribution is 7.09. The number of thiazole rings is 1. The average molecular weight is 217 g/mol. The molecule has 2 aromatic rings. The molecule has 0 atom stereocenters. The van der Waals surface area contributed by atoms with Gasteiger partial charge in [0, 0.05) is 11.6 Å². The van der Waals surface area contributed by atoms with Gasteiger partial charge in [-0.25, -0.2) is 9.97 Å². The Balaban J connectivity index is 2.30. The Labute approximate surface area is 90.8 Å². The predicted molar refractivity (Wildman–Crippen MR) is 57.0 cm³/mol. The lowest BCUT2D eigenvalue weighted by Gasteiger charge is -1.89. The molecule has 0 saturated heterocycles. The molecule has 2 nitrogen and oxygen atoms in total. The summed E-state index contributed by atoms with van der Waals surface area (Å²) in [6.07, 6.45) is 1.40. The number of aryl methyl sites for hydroxylation is 1. The monoisotopic (exact) mass is 217 g/mol. The van der Waals surface area contributed by atoms with Gasteiger partial charge in [-0.2, -0.15) is 4.39 Å². The molecule has 74 valence electrons. The van der Waals surface area contributed by atoms with E-state index in [1.807, 2.05) is 12.3 Å². The minimum absolute atomic E-state index is 0.295. The van der Waals surface area contributed by atoms with Crippen molar-refractivity contribution in [3.05, 3.63) is 45.9 Å². The topological polar surface area (TPSA) is 25.8 Å². The largest absolute Gasteiger partial charge is 0.233 e. The van der Waals surface area contributed by atoms with Gasteiger partial charge in [-0.15, -0.1) is 11.3 Å². The van der Waals surface area contributed by atoms with Crippen LogP contribution < -0.4 is 0 Å². The van der Waals surface area contributed by atoms with Gasteiger partial charge in [0.1, 0.15) is 5.69 Å². The van der Waals surface area contributed by atoms with Crippen molar-refractivity contribution in [2.24, 2.45) is 0 Å². The van der Waals surface area contributed by atoms with Gasteiger partial charge in [0.15, 0.2) is 0 Å². The molecule has 0 radical (unpaired) electrons. The standard InChI is InChI=1S/C11H7FN2S/c1-8-14-10(7-15-8)5-4-9-3-2-6-13-11(9)12/h2-3,6-7H,1H3/i12-1. The number of hydrogen-bond acceptors (Lipinski definition) is 3. The summed E-state index contributed by atoms with van der Waals surface area (Å²) in [5.41, 5.74) is 0.962. The van der Waals surface area contributed by atoms with E-state index >= 15 is 0 Å². The van der Waals surface area contributed by atoms with E-state index in [2.05, 4.69) is 21.8 Å². The molecule has 0 aliphatic rings. The number of nitrogens with zero attached hydrogens (tertiary/aromatic N) is 2. The van der Waals surface area contributed by atoms with Crippen molar-refractivity contribution in [1.82, 2.24) is 9.97 Å². The fraction of sp³-hybridized carbons (Fsp3) is 0.0909. The SMILES string of the molecule is Cc1nc(C#Cc2cccnc2[18F])cs1. The summed E-state index contributed by atoms with van der Waals surface area (Å²) in [6.45, 7) is 1.90. The maximum Gasteiger partial charge on any atom is 0.228 e. The molecule has 0 aromatic carbocycles. The van der Waals surface area contributed by atoms with Crippen LogP contribution in [-0.2, 0) is 0 Å². The van der Waals surface area contributed by atoms with E-state index in [9.17, 15) is 4.39 Å². The summed E-state index contributed by atoms with van der Waals surface area (Å²) in [7, 11) is 0. The first-order valence-electron chi connectivity index (χ1n) is 4.30. The molecule has 2 aromatic heterocycles. The first-order valence-corrected chi connectivity index (χ1v) is 5.18. The summed E-state index contributed by atoms with van der Waals surface area (Å²) < 4.78 is 13.1. The Morgan fingerprint density at radius 3 is 2.93 bits per heavy atom. The minimum Gasteiger partial charge on any atom is -0.233 e.